The lowest BCUT2D eigenvalue weighted by Gasteiger charge is -2.09. The fraction of sp³-hybridized carbons (Fsp3) is 0.0714. The average molecular weight is 309 g/mol. The molecule has 0 fully saturated rings. The van der Waals surface area contributed by atoms with E-state index in [0.717, 1.165) is 24.3 Å². The summed E-state index contributed by atoms with van der Waals surface area (Å²) in [4.78, 5) is 21.9. The molecule has 0 amide bonds. The van der Waals surface area contributed by atoms with Crippen LogP contribution in [0.15, 0.2) is 36.4 Å². The number of halogens is 2. The zero-order valence-corrected chi connectivity index (χ0v) is 11.2. The number of hydrogen-bond donors (Lipinski definition) is 0. The molecule has 0 aliphatic rings. The molecular weight excluding hydrogens is 300 g/mol. The minimum Gasteiger partial charge on any atom is -0.493 e. The lowest BCUT2D eigenvalue weighted by molar-refractivity contribution is -0.384. The van der Waals surface area contributed by atoms with Gasteiger partial charge in [0.2, 0.25) is 0 Å². The van der Waals surface area contributed by atoms with Crippen molar-refractivity contribution < 1.29 is 28.0 Å². The summed E-state index contributed by atoms with van der Waals surface area (Å²) in [5.74, 6) is -3.26. The van der Waals surface area contributed by atoms with Crippen LogP contribution < -0.4 is 9.47 Å². The van der Waals surface area contributed by atoms with E-state index < -0.39 is 28.1 Å². The standard InChI is InChI=1S/C14H9F2NO5/c1-21-12-5-3-9(17(19)20)7-13(12)22-14(18)10-4-2-8(15)6-11(10)16/h2-7H,1H3. The summed E-state index contributed by atoms with van der Waals surface area (Å²) in [5, 5.41) is 10.7. The van der Waals surface area contributed by atoms with Gasteiger partial charge in [-0.3, -0.25) is 10.1 Å². The van der Waals surface area contributed by atoms with Gasteiger partial charge < -0.3 is 9.47 Å². The third-order valence-electron chi connectivity index (χ3n) is 2.71. The Morgan fingerprint density at radius 2 is 1.86 bits per heavy atom. The molecule has 0 saturated heterocycles. The van der Waals surface area contributed by atoms with Gasteiger partial charge in [0.15, 0.2) is 11.5 Å². The summed E-state index contributed by atoms with van der Waals surface area (Å²) in [7, 11) is 1.27. The zero-order valence-electron chi connectivity index (χ0n) is 11.2. The molecule has 114 valence electrons. The third-order valence-corrected chi connectivity index (χ3v) is 2.71. The van der Waals surface area contributed by atoms with E-state index in [-0.39, 0.29) is 17.2 Å². The molecule has 2 aromatic rings. The number of ether oxygens (including phenoxy) is 2. The van der Waals surface area contributed by atoms with Crippen LogP contribution in [0.2, 0.25) is 0 Å². The van der Waals surface area contributed by atoms with Gasteiger partial charge in [-0.25, -0.2) is 13.6 Å². The van der Waals surface area contributed by atoms with Crippen molar-refractivity contribution in [3.63, 3.8) is 0 Å². The van der Waals surface area contributed by atoms with Gasteiger partial charge in [0.1, 0.15) is 11.6 Å². The molecule has 2 rings (SSSR count). The largest absolute Gasteiger partial charge is 0.493 e. The minimum absolute atomic E-state index is 0.0569. The highest BCUT2D eigenvalue weighted by atomic mass is 19.1. The number of esters is 1. The van der Waals surface area contributed by atoms with Crippen LogP contribution in [0.5, 0.6) is 11.5 Å². The molecule has 0 bridgehead atoms. The Kier molecular flexibility index (Phi) is 4.31. The number of nitro benzene ring substituents is 1. The van der Waals surface area contributed by atoms with Crippen molar-refractivity contribution in [1.29, 1.82) is 0 Å². The van der Waals surface area contributed by atoms with Gasteiger partial charge >= 0.3 is 5.97 Å². The summed E-state index contributed by atoms with van der Waals surface area (Å²) in [6.07, 6.45) is 0. The summed E-state index contributed by atoms with van der Waals surface area (Å²) in [6.45, 7) is 0. The number of benzene rings is 2. The van der Waals surface area contributed by atoms with Crippen LogP contribution in [0.1, 0.15) is 10.4 Å². The molecule has 0 saturated carbocycles. The quantitative estimate of drug-likeness (QED) is 0.375. The summed E-state index contributed by atoms with van der Waals surface area (Å²) >= 11 is 0. The van der Waals surface area contributed by atoms with Crippen molar-refractivity contribution >= 4 is 11.7 Å². The van der Waals surface area contributed by atoms with Gasteiger partial charge in [0.25, 0.3) is 5.69 Å². The van der Waals surface area contributed by atoms with E-state index in [1.54, 1.807) is 0 Å². The number of carbonyl (C=O) groups excluding carboxylic acids is 1. The SMILES string of the molecule is COc1ccc([N+](=O)[O-])cc1OC(=O)c1ccc(F)cc1F. The number of rotatable bonds is 4. The van der Waals surface area contributed by atoms with E-state index in [0.29, 0.717) is 6.07 Å². The highest BCUT2D eigenvalue weighted by molar-refractivity contribution is 5.91. The van der Waals surface area contributed by atoms with E-state index in [9.17, 15) is 23.7 Å². The van der Waals surface area contributed by atoms with Crippen molar-refractivity contribution in [2.24, 2.45) is 0 Å². The topological polar surface area (TPSA) is 78.7 Å². The van der Waals surface area contributed by atoms with Crippen molar-refractivity contribution in [2.45, 2.75) is 0 Å². The monoisotopic (exact) mass is 309 g/mol. The Morgan fingerprint density at radius 3 is 2.45 bits per heavy atom. The zero-order chi connectivity index (χ0) is 16.3. The first kappa shape index (κ1) is 15.4. The Hall–Kier alpha value is -3.03. The van der Waals surface area contributed by atoms with Gasteiger partial charge in [-0.05, 0) is 18.2 Å². The number of carbonyl (C=O) groups is 1. The maximum Gasteiger partial charge on any atom is 0.346 e. The highest BCUT2D eigenvalue weighted by Gasteiger charge is 2.19. The van der Waals surface area contributed by atoms with Crippen molar-refractivity contribution in [2.75, 3.05) is 7.11 Å². The maximum absolute atomic E-state index is 13.5. The van der Waals surface area contributed by atoms with Gasteiger partial charge in [-0.2, -0.15) is 0 Å². The average Bonchev–Trinajstić information content (AvgIpc) is 2.46. The van der Waals surface area contributed by atoms with Crippen LogP contribution in [-0.4, -0.2) is 18.0 Å². The van der Waals surface area contributed by atoms with Crippen LogP contribution in [0.3, 0.4) is 0 Å². The van der Waals surface area contributed by atoms with E-state index in [4.69, 9.17) is 9.47 Å². The van der Waals surface area contributed by atoms with Crippen LogP contribution >= 0.6 is 0 Å². The minimum atomic E-state index is -1.13. The first-order valence-electron chi connectivity index (χ1n) is 5.92. The Morgan fingerprint density at radius 1 is 1.14 bits per heavy atom. The van der Waals surface area contributed by atoms with Crippen molar-refractivity contribution in [3.05, 3.63) is 63.7 Å². The fourth-order valence-electron chi connectivity index (χ4n) is 1.67. The molecule has 0 aliphatic heterocycles. The summed E-state index contributed by atoms with van der Waals surface area (Å²) < 4.78 is 36.1. The molecule has 0 aromatic heterocycles. The second-order valence-electron chi connectivity index (χ2n) is 4.11. The number of non-ortho nitro benzene ring substituents is 1. The molecule has 0 atom stereocenters. The van der Waals surface area contributed by atoms with E-state index >= 15 is 0 Å². The van der Waals surface area contributed by atoms with Gasteiger partial charge in [-0.15, -0.1) is 0 Å². The molecule has 0 heterocycles. The lowest BCUT2D eigenvalue weighted by atomic mass is 10.2. The van der Waals surface area contributed by atoms with E-state index in [1.807, 2.05) is 0 Å². The van der Waals surface area contributed by atoms with Crippen molar-refractivity contribution in [3.8, 4) is 11.5 Å². The van der Waals surface area contributed by atoms with Crippen molar-refractivity contribution in [1.82, 2.24) is 0 Å². The number of nitro groups is 1. The first-order valence-corrected chi connectivity index (χ1v) is 5.92. The van der Waals surface area contributed by atoms with Gasteiger partial charge in [0.05, 0.1) is 23.7 Å². The molecule has 22 heavy (non-hydrogen) atoms. The highest BCUT2D eigenvalue weighted by Crippen LogP contribution is 2.31. The first-order chi connectivity index (χ1) is 10.4. The molecule has 6 nitrogen and oxygen atoms in total. The second-order valence-corrected chi connectivity index (χ2v) is 4.11. The Bertz CT molecular complexity index is 748. The Labute approximate surface area is 123 Å². The Balaban J connectivity index is 2.34. The van der Waals surface area contributed by atoms with Crippen LogP contribution in [0.4, 0.5) is 14.5 Å². The normalized spacial score (nSPS) is 10.1. The van der Waals surface area contributed by atoms with Crippen LogP contribution in [-0.2, 0) is 0 Å². The number of hydrogen-bond acceptors (Lipinski definition) is 5. The number of methoxy groups -OCH3 is 1. The molecule has 0 aliphatic carbocycles. The lowest BCUT2D eigenvalue weighted by Crippen LogP contribution is -2.11. The molecule has 2 aromatic carbocycles. The van der Waals surface area contributed by atoms with E-state index in [2.05, 4.69) is 0 Å². The molecule has 0 spiro atoms. The van der Waals surface area contributed by atoms with Crippen LogP contribution in [0.25, 0.3) is 0 Å². The molecule has 0 radical (unpaired) electrons. The smallest absolute Gasteiger partial charge is 0.346 e. The maximum atomic E-state index is 13.5. The fourth-order valence-corrected chi connectivity index (χ4v) is 1.67. The second kappa shape index (κ2) is 6.17. The summed E-state index contributed by atoms with van der Waals surface area (Å²) in [5.41, 5.74) is -0.835. The predicted molar refractivity (Wildman–Crippen MR) is 71.0 cm³/mol. The van der Waals surface area contributed by atoms with Gasteiger partial charge in [0, 0.05) is 12.1 Å². The third kappa shape index (κ3) is 3.17. The molecule has 8 heteroatoms. The van der Waals surface area contributed by atoms with Gasteiger partial charge in [-0.1, -0.05) is 0 Å². The molecule has 0 unspecified atom stereocenters. The summed E-state index contributed by atoms with van der Waals surface area (Å²) in [6, 6.07) is 5.71. The van der Waals surface area contributed by atoms with E-state index in [1.165, 1.54) is 13.2 Å². The number of nitrogens with zero attached hydrogens (tertiary/aromatic N) is 1. The van der Waals surface area contributed by atoms with Crippen LogP contribution in [0, 0.1) is 21.7 Å². The molecule has 0 N–H and O–H groups in total. The molecular formula is C14H9F2NO5. The predicted octanol–water partition coefficient (Wildman–Crippen LogP) is 3.10.